The quantitative estimate of drug-likeness (QED) is 0.786. The Kier molecular flexibility index (Phi) is 4.60. The van der Waals surface area contributed by atoms with Crippen molar-refractivity contribution in [2.45, 2.75) is 44.1 Å². The van der Waals surface area contributed by atoms with Crippen LogP contribution in [-0.2, 0) is 14.3 Å². The maximum Gasteiger partial charge on any atom is 0.255 e. The smallest absolute Gasteiger partial charge is 0.255 e. The van der Waals surface area contributed by atoms with Gasteiger partial charge in [-0.1, -0.05) is 18.2 Å². The standard InChI is InChI=1S/C21H24N4O4/c1-12-15(9-22-25(12)14-5-3-2-4-6-14)21(27)24-17-11-29-18-16(10-28-19(17)18)23-20(26)13-7-8-13/h2-6,9,13,16-19H,7-8,10-11H2,1H3,(H,23,26)(H,24,27). The first-order chi connectivity index (χ1) is 14.1. The third-order valence-electron chi connectivity index (χ3n) is 5.90. The molecule has 0 radical (unpaired) electrons. The fraction of sp³-hybridized carbons (Fsp3) is 0.476. The zero-order valence-electron chi connectivity index (χ0n) is 16.2. The third kappa shape index (κ3) is 3.42. The Labute approximate surface area is 168 Å². The van der Waals surface area contributed by atoms with Gasteiger partial charge in [0.2, 0.25) is 5.91 Å². The Morgan fingerprint density at radius 2 is 1.69 bits per heavy atom. The number of nitrogens with zero attached hydrogens (tertiary/aromatic N) is 2. The zero-order valence-corrected chi connectivity index (χ0v) is 16.2. The number of para-hydroxylation sites is 1. The van der Waals surface area contributed by atoms with Crippen molar-refractivity contribution in [1.29, 1.82) is 0 Å². The molecule has 2 N–H and O–H groups in total. The van der Waals surface area contributed by atoms with Gasteiger partial charge >= 0.3 is 0 Å². The zero-order chi connectivity index (χ0) is 20.0. The molecule has 152 valence electrons. The molecule has 4 unspecified atom stereocenters. The number of hydrogen-bond donors (Lipinski definition) is 2. The summed E-state index contributed by atoms with van der Waals surface area (Å²) >= 11 is 0. The number of ether oxygens (including phenoxy) is 2. The van der Waals surface area contributed by atoms with Gasteiger partial charge in [0.1, 0.15) is 12.2 Å². The lowest BCUT2D eigenvalue weighted by Crippen LogP contribution is -2.47. The van der Waals surface area contributed by atoms with Crippen LogP contribution in [0, 0.1) is 12.8 Å². The minimum Gasteiger partial charge on any atom is -0.371 e. The maximum atomic E-state index is 12.9. The first-order valence-electron chi connectivity index (χ1n) is 10.1. The monoisotopic (exact) mass is 396 g/mol. The molecule has 0 bridgehead atoms. The first kappa shape index (κ1) is 18.3. The van der Waals surface area contributed by atoms with Crippen LogP contribution in [0.4, 0.5) is 0 Å². The Morgan fingerprint density at radius 1 is 1.03 bits per heavy atom. The van der Waals surface area contributed by atoms with E-state index in [1.54, 1.807) is 10.9 Å². The second-order valence-corrected chi connectivity index (χ2v) is 7.96. The fourth-order valence-electron chi connectivity index (χ4n) is 4.10. The minimum absolute atomic E-state index is 0.0827. The van der Waals surface area contributed by atoms with Gasteiger partial charge in [-0.3, -0.25) is 9.59 Å². The molecule has 1 aromatic heterocycles. The predicted octanol–water partition coefficient (Wildman–Crippen LogP) is 0.972. The molecule has 1 saturated carbocycles. The number of benzene rings is 1. The summed E-state index contributed by atoms with van der Waals surface area (Å²) in [6, 6.07) is 9.28. The van der Waals surface area contributed by atoms with Crippen LogP contribution in [0.5, 0.6) is 0 Å². The molecule has 1 aliphatic carbocycles. The van der Waals surface area contributed by atoms with E-state index in [4.69, 9.17) is 9.47 Å². The lowest BCUT2D eigenvalue weighted by molar-refractivity contribution is -0.123. The van der Waals surface area contributed by atoms with Crippen molar-refractivity contribution >= 4 is 11.8 Å². The van der Waals surface area contributed by atoms with Gasteiger partial charge in [-0.05, 0) is 31.9 Å². The minimum atomic E-state index is -0.257. The SMILES string of the molecule is Cc1c(C(=O)NC2COC3C(NC(=O)C4CC4)COC23)cnn1-c1ccccc1. The van der Waals surface area contributed by atoms with E-state index in [-0.39, 0.29) is 42.0 Å². The van der Waals surface area contributed by atoms with Gasteiger partial charge in [-0.2, -0.15) is 5.10 Å². The highest BCUT2D eigenvalue weighted by atomic mass is 16.6. The van der Waals surface area contributed by atoms with Crippen LogP contribution in [0.1, 0.15) is 28.9 Å². The summed E-state index contributed by atoms with van der Waals surface area (Å²) in [7, 11) is 0. The van der Waals surface area contributed by atoms with Gasteiger partial charge < -0.3 is 20.1 Å². The second kappa shape index (κ2) is 7.27. The average molecular weight is 396 g/mol. The van der Waals surface area contributed by atoms with Gasteiger partial charge in [-0.25, -0.2) is 4.68 Å². The molecule has 3 aliphatic rings. The Morgan fingerprint density at radius 3 is 2.34 bits per heavy atom. The molecule has 2 aliphatic heterocycles. The summed E-state index contributed by atoms with van der Waals surface area (Å²) in [4.78, 5) is 24.9. The number of fused-ring (bicyclic) bond motifs is 1. The van der Waals surface area contributed by atoms with Crippen molar-refractivity contribution < 1.29 is 19.1 Å². The molecule has 4 atom stereocenters. The van der Waals surface area contributed by atoms with E-state index >= 15 is 0 Å². The summed E-state index contributed by atoms with van der Waals surface area (Å²) in [5.41, 5.74) is 2.20. The van der Waals surface area contributed by atoms with Gasteiger partial charge in [0.25, 0.3) is 5.91 Å². The van der Waals surface area contributed by atoms with E-state index in [0.29, 0.717) is 18.8 Å². The van der Waals surface area contributed by atoms with Crippen molar-refractivity contribution in [2.24, 2.45) is 5.92 Å². The van der Waals surface area contributed by atoms with E-state index in [2.05, 4.69) is 15.7 Å². The summed E-state index contributed by atoms with van der Waals surface area (Å²) < 4.78 is 13.5. The van der Waals surface area contributed by atoms with Gasteiger partial charge in [0.05, 0.1) is 48.4 Å². The van der Waals surface area contributed by atoms with Crippen LogP contribution < -0.4 is 10.6 Å². The summed E-state index contributed by atoms with van der Waals surface area (Å²) in [6.07, 6.45) is 3.02. The van der Waals surface area contributed by atoms with Crippen molar-refractivity contribution in [3.05, 3.63) is 47.8 Å². The molecule has 29 heavy (non-hydrogen) atoms. The van der Waals surface area contributed by atoms with Crippen molar-refractivity contribution in [3.63, 3.8) is 0 Å². The number of amides is 2. The molecule has 1 aromatic carbocycles. The fourth-order valence-corrected chi connectivity index (χ4v) is 4.10. The molecule has 0 spiro atoms. The van der Waals surface area contributed by atoms with E-state index in [9.17, 15) is 9.59 Å². The topological polar surface area (TPSA) is 94.5 Å². The van der Waals surface area contributed by atoms with Crippen LogP contribution in [0.25, 0.3) is 5.69 Å². The molecule has 2 saturated heterocycles. The predicted molar refractivity (Wildman–Crippen MR) is 104 cm³/mol. The Balaban J connectivity index is 1.24. The number of hydrogen-bond acceptors (Lipinski definition) is 5. The number of rotatable bonds is 5. The largest absolute Gasteiger partial charge is 0.371 e. The van der Waals surface area contributed by atoms with Crippen LogP contribution in [0.3, 0.4) is 0 Å². The van der Waals surface area contributed by atoms with E-state index in [1.165, 1.54) is 0 Å². The van der Waals surface area contributed by atoms with Crippen LogP contribution in [0.15, 0.2) is 36.5 Å². The van der Waals surface area contributed by atoms with Gasteiger partial charge in [0.15, 0.2) is 0 Å². The summed E-state index contributed by atoms with van der Waals surface area (Å²) in [6.45, 7) is 2.65. The second-order valence-electron chi connectivity index (χ2n) is 7.96. The number of nitrogens with one attached hydrogen (secondary N) is 2. The van der Waals surface area contributed by atoms with Gasteiger partial charge in [-0.15, -0.1) is 0 Å². The van der Waals surface area contributed by atoms with E-state index in [0.717, 1.165) is 24.2 Å². The van der Waals surface area contributed by atoms with Crippen molar-refractivity contribution in [3.8, 4) is 5.69 Å². The third-order valence-corrected chi connectivity index (χ3v) is 5.90. The van der Waals surface area contributed by atoms with Gasteiger partial charge in [0, 0.05) is 5.92 Å². The highest BCUT2D eigenvalue weighted by molar-refractivity contribution is 5.95. The first-order valence-corrected chi connectivity index (χ1v) is 10.1. The normalized spacial score (nSPS) is 28.2. The average Bonchev–Trinajstić information content (AvgIpc) is 3.24. The molecule has 2 aromatic rings. The molecule has 8 nitrogen and oxygen atoms in total. The summed E-state index contributed by atoms with van der Waals surface area (Å²) in [5, 5.41) is 10.4. The maximum absolute atomic E-state index is 12.9. The highest BCUT2D eigenvalue weighted by Crippen LogP contribution is 2.31. The molecular formula is C21H24N4O4. The molecule has 2 amide bonds. The number of aromatic nitrogens is 2. The lowest BCUT2D eigenvalue weighted by atomic mass is 10.1. The van der Waals surface area contributed by atoms with E-state index < -0.39 is 0 Å². The highest BCUT2D eigenvalue weighted by Gasteiger charge is 2.49. The molecule has 3 heterocycles. The van der Waals surface area contributed by atoms with Crippen molar-refractivity contribution in [1.82, 2.24) is 20.4 Å². The van der Waals surface area contributed by atoms with E-state index in [1.807, 2.05) is 37.3 Å². The van der Waals surface area contributed by atoms with Crippen LogP contribution in [-0.4, -0.2) is 59.1 Å². The number of carbonyl (C=O) groups is 2. The molecule has 3 fully saturated rings. The number of carbonyl (C=O) groups excluding carboxylic acids is 2. The van der Waals surface area contributed by atoms with Crippen LogP contribution in [0.2, 0.25) is 0 Å². The molecule has 5 rings (SSSR count). The van der Waals surface area contributed by atoms with Crippen molar-refractivity contribution in [2.75, 3.05) is 13.2 Å². The molecule has 8 heteroatoms. The molecular weight excluding hydrogens is 372 g/mol. The summed E-state index contributed by atoms with van der Waals surface area (Å²) in [5.74, 6) is 0.0300. The van der Waals surface area contributed by atoms with Crippen LogP contribution >= 0.6 is 0 Å². The Bertz CT molecular complexity index is 924. The Hall–Kier alpha value is -2.71. The lowest BCUT2D eigenvalue weighted by Gasteiger charge is -2.18.